The van der Waals surface area contributed by atoms with Gasteiger partial charge in [0.2, 0.25) is 10.0 Å². The quantitative estimate of drug-likeness (QED) is 0.647. The molecule has 1 aliphatic rings. The molecule has 10 heteroatoms. The van der Waals surface area contributed by atoms with Crippen LogP contribution in [0, 0.1) is 16.0 Å². The summed E-state index contributed by atoms with van der Waals surface area (Å²) < 4.78 is 26.6. The number of hydrogen-bond donors (Lipinski definition) is 1. The van der Waals surface area contributed by atoms with E-state index in [1.54, 1.807) is 6.92 Å². The molecule has 1 aromatic rings. The first kappa shape index (κ1) is 17.6. The molecule has 23 heavy (non-hydrogen) atoms. The fourth-order valence-electron chi connectivity index (χ4n) is 2.59. The predicted octanol–water partition coefficient (Wildman–Crippen LogP) is 2.12. The molecule has 1 saturated heterocycles. The number of nitro groups is 1. The number of carbonyl (C=O) groups is 1. The first-order chi connectivity index (χ1) is 10.6. The van der Waals surface area contributed by atoms with Gasteiger partial charge in [0.1, 0.15) is 0 Å². The molecular weight excluding hydrogens is 348 g/mol. The minimum absolute atomic E-state index is 0.0470. The maximum absolute atomic E-state index is 12.8. The van der Waals surface area contributed by atoms with E-state index in [0.29, 0.717) is 12.8 Å². The number of nitrogens with zero attached hydrogens (tertiary/aromatic N) is 2. The van der Waals surface area contributed by atoms with Crippen LogP contribution in [0.2, 0.25) is 5.02 Å². The van der Waals surface area contributed by atoms with E-state index in [1.807, 2.05) is 0 Å². The molecule has 1 N–H and O–H groups in total. The van der Waals surface area contributed by atoms with E-state index in [2.05, 4.69) is 0 Å². The molecular formula is C13H15ClN2O6S. The normalized spacial score (nSPS) is 22.7. The summed E-state index contributed by atoms with van der Waals surface area (Å²) in [6.07, 6.45) is 0.739. The molecule has 8 nitrogen and oxygen atoms in total. The van der Waals surface area contributed by atoms with Crippen LogP contribution < -0.4 is 0 Å². The number of benzene rings is 1. The van der Waals surface area contributed by atoms with Crippen LogP contribution in [0.5, 0.6) is 0 Å². The van der Waals surface area contributed by atoms with Gasteiger partial charge in [-0.2, -0.15) is 4.31 Å². The van der Waals surface area contributed by atoms with E-state index in [-0.39, 0.29) is 11.6 Å². The van der Waals surface area contributed by atoms with Crippen molar-refractivity contribution in [1.82, 2.24) is 4.31 Å². The largest absolute Gasteiger partial charge is 0.481 e. The molecule has 2 rings (SSSR count). The number of carboxylic acids is 1. The summed E-state index contributed by atoms with van der Waals surface area (Å²) in [5, 5.41) is 20.3. The second-order valence-electron chi connectivity index (χ2n) is 5.41. The van der Waals surface area contributed by atoms with Crippen molar-refractivity contribution in [1.29, 1.82) is 0 Å². The number of halogens is 1. The minimum atomic E-state index is -4.20. The van der Waals surface area contributed by atoms with Crippen molar-refractivity contribution in [2.45, 2.75) is 30.7 Å². The lowest BCUT2D eigenvalue weighted by Crippen LogP contribution is -2.47. The van der Waals surface area contributed by atoms with Gasteiger partial charge in [0.15, 0.2) is 4.90 Å². The molecule has 0 aromatic heterocycles. The summed E-state index contributed by atoms with van der Waals surface area (Å²) in [6.45, 7) is 1.44. The summed E-state index contributed by atoms with van der Waals surface area (Å²) in [5.74, 6) is -1.91. The molecule has 0 bridgehead atoms. The number of rotatable bonds is 4. The third-order valence-corrected chi connectivity index (χ3v) is 6.14. The van der Waals surface area contributed by atoms with Crippen molar-refractivity contribution in [2.75, 3.05) is 6.54 Å². The van der Waals surface area contributed by atoms with Crippen molar-refractivity contribution >= 4 is 33.3 Å². The molecule has 2 unspecified atom stereocenters. The summed E-state index contributed by atoms with van der Waals surface area (Å²) in [7, 11) is -4.20. The third-order valence-electron chi connectivity index (χ3n) is 3.88. The Kier molecular flexibility index (Phi) is 4.92. The molecule has 1 aromatic carbocycles. The second kappa shape index (κ2) is 6.42. The molecule has 1 heterocycles. The lowest BCUT2D eigenvalue weighted by atomic mass is 9.96. The number of piperidine rings is 1. The maximum atomic E-state index is 12.8. The SMILES string of the molecule is CC1CCC(C(=O)O)CN1S(=O)(=O)c1ccc(Cl)cc1[N+](=O)[O-]. The fourth-order valence-corrected chi connectivity index (χ4v) is 4.60. The summed E-state index contributed by atoms with van der Waals surface area (Å²) in [5.41, 5.74) is -0.623. The third kappa shape index (κ3) is 3.46. The van der Waals surface area contributed by atoms with Crippen molar-refractivity contribution in [3.63, 3.8) is 0 Å². The molecule has 126 valence electrons. The number of sulfonamides is 1. The van der Waals surface area contributed by atoms with Crippen molar-refractivity contribution in [2.24, 2.45) is 5.92 Å². The van der Waals surface area contributed by atoms with Gasteiger partial charge in [-0.15, -0.1) is 0 Å². The van der Waals surface area contributed by atoms with Gasteiger partial charge in [0.25, 0.3) is 5.69 Å². The molecule has 0 radical (unpaired) electrons. The molecule has 0 amide bonds. The van der Waals surface area contributed by atoms with Gasteiger partial charge in [0.05, 0.1) is 10.8 Å². The first-order valence-electron chi connectivity index (χ1n) is 6.83. The first-order valence-corrected chi connectivity index (χ1v) is 8.65. The zero-order chi connectivity index (χ0) is 17.4. The van der Waals surface area contributed by atoms with Crippen LogP contribution in [0.3, 0.4) is 0 Å². The molecule has 0 aliphatic carbocycles. The number of aliphatic carboxylic acids is 1. The smallest absolute Gasteiger partial charge is 0.307 e. The van der Waals surface area contributed by atoms with Crippen LogP contribution in [-0.2, 0) is 14.8 Å². The number of carboxylic acid groups (broad SMARTS) is 1. The maximum Gasteiger partial charge on any atom is 0.307 e. The fraction of sp³-hybridized carbons (Fsp3) is 0.462. The van der Waals surface area contributed by atoms with Gasteiger partial charge >= 0.3 is 5.97 Å². The molecule has 1 fully saturated rings. The van der Waals surface area contributed by atoms with Crippen LogP contribution in [0.15, 0.2) is 23.1 Å². The zero-order valence-electron chi connectivity index (χ0n) is 12.2. The van der Waals surface area contributed by atoms with Gasteiger partial charge in [-0.1, -0.05) is 11.6 Å². The Hall–Kier alpha value is -1.71. The summed E-state index contributed by atoms with van der Waals surface area (Å²) >= 11 is 5.70. The molecule has 0 saturated carbocycles. The van der Waals surface area contributed by atoms with Crippen molar-refractivity contribution < 1.29 is 23.2 Å². The Balaban J connectivity index is 2.49. The monoisotopic (exact) mass is 362 g/mol. The van der Waals surface area contributed by atoms with Crippen molar-refractivity contribution in [3.8, 4) is 0 Å². The average molecular weight is 363 g/mol. The Labute approximate surface area is 137 Å². The molecule has 1 aliphatic heterocycles. The van der Waals surface area contributed by atoms with Crippen LogP contribution in [-0.4, -0.2) is 41.3 Å². The minimum Gasteiger partial charge on any atom is -0.481 e. The predicted molar refractivity (Wildman–Crippen MR) is 81.8 cm³/mol. The van der Waals surface area contributed by atoms with E-state index < -0.39 is 43.5 Å². The van der Waals surface area contributed by atoms with Crippen LogP contribution >= 0.6 is 11.6 Å². The Morgan fingerprint density at radius 2 is 2.09 bits per heavy atom. The van der Waals surface area contributed by atoms with E-state index in [4.69, 9.17) is 16.7 Å². The highest BCUT2D eigenvalue weighted by Gasteiger charge is 2.40. The standard InChI is InChI=1S/C13H15ClN2O6S/c1-8-2-3-9(13(17)18)7-15(8)23(21,22)12-5-4-10(14)6-11(12)16(19)20/h4-6,8-9H,2-3,7H2,1H3,(H,17,18). The second-order valence-corrected chi connectivity index (χ2v) is 7.70. The van der Waals surface area contributed by atoms with Crippen molar-refractivity contribution in [3.05, 3.63) is 33.3 Å². The Bertz CT molecular complexity index is 751. The topological polar surface area (TPSA) is 118 Å². The average Bonchev–Trinajstić information content (AvgIpc) is 2.46. The van der Waals surface area contributed by atoms with Gasteiger partial charge < -0.3 is 5.11 Å². The highest BCUT2D eigenvalue weighted by Crippen LogP contribution is 2.33. The Morgan fingerprint density at radius 3 is 2.65 bits per heavy atom. The van der Waals surface area contributed by atoms with Gasteiger partial charge in [-0.3, -0.25) is 14.9 Å². The van der Waals surface area contributed by atoms with Crippen LogP contribution in [0.4, 0.5) is 5.69 Å². The van der Waals surface area contributed by atoms with Gasteiger partial charge in [-0.05, 0) is 31.9 Å². The lowest BCUT2D eigenvalue weighted by Gasteiger charge is -2.35. The van der Waals surface area contributed by atoms with E-state index in [0.717, 1.165) is 16.4 Å². The number of hydrogen-bond acceptors (Lipinski definition) is 5. The lowest BCUT2D eigenvalue weighted by molar-refractivity contribution is -0.387. The van der Waals surface area contributed by atoms with Crippen LogP contribution in [0.25, 0.3) is 0 Å². The Morgan fingerprint density at radius 1 is 1.43 bits per heavy atom. The summed E-state index contributed by atoms with van der Waals surface area (Å²) in [4.78, 5) is 21.0. The van der Waals surface area contributed by atoms with E-state index in [9.17, 15) is 23.3 Å². The van der Waals surface area contributed by atoms with Crippen LogP contribution in [0.1, 0.15) is 19.8 Å². The highest BCUT2D eigenvalue weighted by atomic mass is 35.5. The molecule has 2 atom stereocenters. The molecule has 0 spiro atoms. The highest BCUT2D eigenvalue weighted by molar-refractivity contribution is 7.89. The number of nitro benzene ring substituents is 1. The zero-order valence-corrected chi connectivity index (χ0v) is 13.7. The van der Waals surface area contributed by atoms with Gasteiger partial charge in [-0.25, -0.2) is 8.42 Å². The van der Waals surface area contributed by atoms with Gasteiger partial charge in [0, 0.05) is 23.7 Å². The van der Waals surface area contributed by atoms with E-state index >= 15 is 0 Å². The summed E-state index contributed by atoms with van der Waals surface area (Å²) in [6, 6.07) is 2.86. The van der Waals surface area contributed by atoms with E-state index in [1.165, 1.54) is 6.07 Å².